The van der Waals surface area contributed by atoms with E-state index in [1.807, 2.05) is 18.2 Å². The Kier molecular flexibility index (Phi) is 8.51. The zero-order valence-corrected chi connectivity index (χ0v) is 13.5. The fourth-order valence-electron chi connectivity index (χ4n) is 2.80. The molecule has 5 nitrogen and oxygen atoms in total. The van der Waals surface area contributed by atoms with Gasteiger partial charge in [-0.1, -0.05) is 36.8 Å². The van der Waals surface area contributed by atoms with Crippen LogP contribution in [0.25, 0.3) is 0 Å². The summed E-state index contributed by atoms with van der Waals surface area (Å²) >= 11 is 0. The van der Waals surface area contributed by atoms with Gasteiger partial charge in [-0.25, -0.2) is 0 Å². The van der Waals surface area contributed by atoms with Crippen LogP contribution in [0.2, 0.25) is 0 Å². The molecule has 0 radical (unpaired) electrons. The van der Waals surface area contributed by atoms with Crippen molar-refractivity contribution in [1.29, 1.82) is 0 Å². The molecule has 0 saturated heterocycles. The molecule has 0 amide bonds. The highest BCUT2D eigenvalue weighted by molar-refractivity contribution is 5.81. The summed E-state index contributed by atoms with van der Waals surface area (Å²) in [7, 11) is 0. The Morgan fingerprint density at radius 3 is 2.35 bits per heavy atom. The van der Waals surface area contributed by atoms with Crippen LogP contribution >= 0.6 is 0 Å². The summed E-state index contributed by atoms with van der Waals surface area (Å²) in [6.45, 7) is 1.08. The monoisotopic (exact) mass is 322 g/mol. The highest BCUT2D eigenvalue weighted by Gasteiger charge is 2.35. The highest BCUT2D eigenvalue weighted by Crippen LogP contribution is 2.28. The van der Waals surface area contributed by atoms with Gasteiger partial charge in [0.2, 0.25) is 0 Å². The number of Topliss-reactive ketones (excluding diaryl/α,β-unsaturated/α-hetero) is 1. The van der Waals surface area contributed by atoms with Crippen LogP contribution in [0.4, 0.5) is 0 Å². The first-order valence-electron chi connectivity index (χ1n) is 8.01. The van der Waals surface area contributed by atoms with Gasteiger partial charge < -0.3 is 15.3 Å². The first-order valence-corrected chi connectivity index (χ1v) is 8.01. The van der Waals surface area contributed by atoms with E-state index in [-0.39, 0.29) is 18.1 Å². The van der Waals surface area contributed by atoms with Crippen molar-refractivity contribution in [2.24, 2.45) is 5.92 Å². The topological polar surface area (TPSA) is 94.8 Å². The van der Waals surface area contributed by atoms with Gasteiger partial charge in [-0.15, -0.1) is 0 Å². The molecule has 3 N–H and O–H groups in total. The number of carbonyl (C=O) groups excluding carboxylic acids is 1. The number of hydrogen-bond acceptors (Lipinski definition) is 4. The van der Waals surface area contributed by atoms with Crippen molar-refractivity contribution < 1.29 is 24.9 Å². The van der Waals surface area contributed by atoms with Crippen molar-refractivity contribution in [2.75, 3.05) is 0 Å². The van der Waals surface area contributed by atoms with Crippen LogP contribution in [0.1, 0.15) is 44.6 Å². The van der Waals surface area contributed by atoms with Crippen LogP contribution in [-0.4, -0.2) is 39.3 Å². The van der Waals surface area contributed by atoms with Gasteiger partial charge in [-0.2, -0.15) is 0 Å². The molecule has 1 aromatic carbocycles. The molecule has 0 aromatic heterocycles. The van der Waals surface area contributed by atoms with E-state index >= 15 is 0 Å². The minimum Gasteiger partial charge on any atom is -0.481 e. The number of carbonyl (C=O) groups is 2. The zero-order valence-electron chi connectivity index (χ0n) is 13.5. The van der Waals surface area contributed by atoms with E-state index in [4.69, 9.17) is 9.90 Å². The van der Waals surface area contributed by atoms with Crippen LogP contribution < -0.4 is 0 Å². The SMILES string of the molecule is CC(=O)O.O=C1C[C@@H](O)[C@@H](C(O)CCCCc2ccccc2)C1. The van der Waals surface area contributed by atoms with Crippen molar-refractivity contribution in [1.82, 2.24) is 0 Å². The fourth-order valence-corrected chi connectivity index (χ4v) is 2.80. The minimum atomic E-state index is -0.833. The van der Waals surface area contributed by atoms with Crippen LogP contribution in [-0.2, 0) is 16.0 Å². The Morgan fingerprint density at radius 2 is 1.83 bits per heavy atom. The average Bonchev–Trinajstić information content (AvgIpc) is 2.83. The number of unbranched alkanes of at least 4 members (excludes halogenated alkanes) is 1. The molecule has 0 aliphatic heterocycles. The van der Waals surface area contributed by atoms with Crippen molar-refractivity contribution in [3.63, 3.8) is 0 Å². The van der Waals surface area contributed by atoms with Crippen molar-refractivity contribution in [3.8, 4) is 0 Å². The number of hydrogen-bond donors (Lipinski definition) is 3. The maximum Gasteiger partial charge on any atom is 0.300 e. The number of ketones is 1. The Balaban J connectivity index is 0.000000593. The van der Waals surface area contributed by atoms with Gasteiger partial charge >= 0.3 is 0 Å². The number of aliphatic hydroxyl groups excluding tert-OH is 2. The number of carboxylic acid groups (broad SMARTS) is 1. The molecular weight excluding hydrogens is 296 g/mol. The van der Waals surface area contributed by atoms with Gasteiger partial charge in [0.25, 0.3) is 5.97 Å². The van der Waals surface area contributed by atoms with Crippen LogP contribution in [0.15, 0.2) is 30.3 Å². The molecule has 1 aliphatic carbocycles. The molecule has 5 heteroatoms. The quantitative estimate of drug-likeness (QED) is 0.698. The van der Waals surface area contributed by atoms with E-state index in [1.54, 1.807) is 0 Å². The molecule has 1 unspecified atom stereocenters. The third kappa shape index (κ3) is 7.90. The van der Waals surface area contributed by atoms with Crippen molar-refractivity contribution >= 4 is 11.8 Å². The lowest BCUT2D eigenvalue weighted by atomic mass is 9.94. The van der Waals surface area contributed by atoms with Gasteiger partial charge in [-0.3, -0.25) is 9.59 Å². The first-order chi connectivity index (χ1) is 10.9. The number of carboxylic acids is 1. The van der Waals surface area contributed by atoms with Gasteiger partial charge in [0, 0.05) is 25.7 Å². The molecule has 0 spiro atoms. The Hall–Kier alpha value is -1.72. The Labute approximate surface area is 137 Å². The lowest BCUT2D eigenvalue weighted by Gasteiger charge is -2.20. The molecule has 1 aliphatic rings. The maximum absolute atomic E-state index is 11.2. The average molecular weight is 322 g/mol. The lowest BCUT2D eigenvalue weighted by Crippen LogP contribution is -2.27. The predicted octanol–water partition coefficient (Wildman–Crippen LogP) is 2.19. The van der Waals surface area contributed by atoms with Gasteiger partial charge in [0.05, 0.1) is 12.2 Å². The Bertz CT molecular complexity index is 481. The van der Waals surface area contributed by atoms with E-state index < -0.39 is 18.2 Å². The number of aliphatic hydroxyl groups is 2. The van der Waals surface area contributed by atoms with Gasteiger partial charge in [0.1, 0.15) is 5.78 Å². The Morgan fingerprint density at radius 1 is 1.22 bits per heavy atom. The van der Waals surface area contributed by atoms with E-state index in [2.05, 4.69) is 12.1 Å². The van der Waals surface area contributed by atoms with Crippen molar-refractivity contribution in [3.05, 3.63) is 35.9 Å². The third-order valence-corrected chi connectivity index (χ3v) is 3.95. The summed E-state index contributed by atoms with van der Waals surface area (Å²) in [5.41, 5.74) is 1.31. The van der Waals surface area contributed by atoms with Gasteiger partial charge in [0.15, 0.2) is 0 Å². The van der Waals surface area contributed by atoms with Crippen molar-refractivity contribution in [2.45, 2.75) is 57.7 Å². The van der Waals surface area contributed by atoms with E-state index in [0.717, 1.165) is 26.2 Å². The molecule has 2 rings (SSSR count). The molecule has 1 aromatic rings. The van der Waals surface area contributed by atoms with Crippen LogP contribution in [0.3, 0.4) is 0 Å². The molecule has 1 fully saturated rings. The number of benzene rings is 1. The lowest BCUT2D eigenvalue weighted by molar-refractivity contribution is -0.134. The molecule has 23 heavy (non-hydrogen) atoms. The van der Waals surface area contributed by atoms with Crippen LogP contribution in [0.5, 0.6) is 0 Å². The largest absolute Gasteiger partial charge is 0.481 e. The third-order valence-electron chi connectivity index (χ3n) is 3.95. The number of rotatable bonds is 6. The highest BCUT2D eigenvalue weighted by atomic mass is 16.4. The normalized spacial score (nSPS) is 21.4. The summed E-state index contributed by atoms with van der Waals surface area (Å²) < 4.78 is 0. The van der Waals surface area contributed by atoms with Gasteiger partial charge in [-0.05, 0) is 24.8 Å². The fraction of sp³-hybridized carbons (Fsp3) is 0.556. The molecule has 128 valence electrons. The number of aliphatic carboxylic acids is 1. The standard InChI is InChI=1S/C16H22O3.C2H4O2/c17-13-10-14(16(19)11-13)15(18)9-5-4-8-12-6-2-1-3-7-12;1-2(3)4/h1-3,6-7,14-16,18-19H,4-5,8-11H2;1H3,(H,3,4)/t14-,15?,16-;/m1./s1. The summed E-state index contributed by atoms with van der Waals surface area (Å²) in [6, 6.07) is 10.3. The summed E-state index contributed by atoms with van der Waals surface area (Å²) in [5.74, 6) is -1.01. The molecule has 0 heterocycles. The summed E-state index contributed by atoms with van der Waals surface area (Å²) in [6.07, 6.45) is 2.99. The zero-order chi connectivity index (χ0) is 17.2. The summed E-state index contributed by atoms with van der Waals surface area (Å²) in [4.78, 5) is 20.2. The molecular formula is C18H26O5. The minimum absolute atomic E-state index is 0.0702. The van der Waals surface area contributed by atoms with E-state index in [9.17, 15) is 15.0 Å². The van der Waals surface area contributed by atoms with Crippen LogP contribution in [0, 0.1) is 5.92 Å². The van der Waals surface area contributed by atoms with E-state index in [0.29, 0.717) is 12.8 Å². The first kappa shape index (κ1) is 19.3. The molecule has 1 saturated carbocycles. The molecule has 3 atom stereocenters. The summed E-state index contributed by atoms with van der Waals surface area (Å²) in [5, 5.41) is 27.1. The van der Waals surface area contributed by atoms with E-state index in [1.165, 1.54) is 5.56 Å². The second-order valence-corrected chi connectivity index (χ2v) is 6.00. The maximum atomic E-state index is 11.2. The predicted molar refractivity (Wildman–Crippen MR) is 87.1 cm³/mol. The number of aryl methyl sites for hydroxylation is 1. The second-order valence-electron chi connectivity index (χ2n) is 6.00. The smallest absolute Gasteiger partial charge is 0.300 e. The second kappa shape index (κ2) is 10.1. The molecule has 0 bridgehead atoms.